The van der Waals surface area contributed by atoms with Gasteiger partial charge < -0.3 is 24.6 Å². The quantitative estimate of drug-likeness (QED) is 0.813. The first-order valence-electron chi connectivity index (χ1n) is 10.4. The summed E-state index contributed by atoms with van der Waals surface area (Å²) < 4.78 is 11.2. The molecule has 0 saturated carbocycles. The van der Waals surface area contributed by atoms with E-state index in [2.05, 4.69) is 26.2 Å². The van der Waals surface area contributed by atoms with Crippen molar-refractivity contribution in [3.63, 3.8) is 0 Å². The van der Waals surface area contributed by atoms with Crippen LogP contribution in [0.5, 0.6) is 5.75 Å². The molecule has 2 fully saturated rings. The number of nitrogens with one attached hydrogen (secondary N) is 1. The van der Waals surface area contributed by atoms with E-state index in [0.29, 0.717) is 19.7 Å². The number of nitrogens with zero attached hydrogens (tertiary/aromatic N) is 4. The van der Waals surface area contributed by atoms with Crippen LogP contribution >= 0.6 is 0 Å². The molecule has 2 saturated heterocycles. The number of morpholine rings is 1. The molecule has 2 aliphatic heterocycles. The molecule has 1 unspecified atom stereocenters. The number of pyridine rings is 1. The van der Waals surface area contributed by atoms with E-state index in [1.165, 1.54) is 0 Å². The van der Waals surface area contributed by atoms with Crippen LogP contribution in [0.3, 0.4) is 0 Å². The number of anilines is 2. The molecule has 0 aliphatic carbocycles. The van der Waals surface area contributed by atoms with Crippen LogP contribution in [0.4, 0.5) is 16.3 Å². The van der Waals surface area contributed by atoms with Gasteiger partial charge in [-0.25, -0.2) is 9.78 Å². The Balaban J connectivity index is 1.25. The second-order valence-electron chi connectivity index (χ2n) is 7.58. The molecule has 1 aromatic carbocycles. The van der Waals surface area contributed by atoms with Crippen molar-refractivity contribution in [2.45, 2.75) is 6.10 Å². The summed E-state index contributed by atoms with van der Waals surface area (Å²) in [6.07, 6.45) is 1.86. The van der Waals surface area contributed by atoms with Gasteiger partial charge in [0.1, 0.15) is 11.6 Å². The molecule has 2 aromatic rings. The zero-order valence-corrected chi connectivity index (χ0v) is 17.4. The lowest BCUT2D eigenvalue weighted by Crippen LogP contribution is -2.54. The largest absolute Gasteiger partial charge is 0.497 e. The van der Waals surface area contributed by atoms with E-state index in [0.717, 1.165) is 50.0 Å². The third-order valence-corrected chi connectivity index (χ3v) is 5.55. The molecule has 0 bridgehead atoms. The molecule has 1 N–H and O–H groups in total. The van der Waals surface area contributed by atoms with Crippen molar-refractivity contribution < 1.29 is 14.3 Å². The third-order valence-electron chi connectivity index (χ3n) is 5.55. The second kappa shape index (κ2) is 9.77. The van der Waals surface area contributed by atoms with E-state index in [4.69, 9.17) is 9.47 Å². The molecule has 4 rings (SSSR count). The van der Waals surface area contributed by atoms with Crippen molar-refractivity contribution in [1.29, 1.82) is 0 Å². The fraction of sp³-hybridized carbons (Fsp3) is 0.455. The number of aromatic nitrogens is 1. The Bertz CT molecular complexity index is 827. The van der Waals surface area contributed by atoms with E-state index < -0.39 is 0 Å². The molecular weight excluding hydrogens is 382 g/mol. The van der Waals surface area contributed by atoms with Crippen molar-refractivity contribution in [3.8, 4) is 5.75 Å². The summed E-state index contributed by atoms with van der Waals surface area (Å²) in [5.41, 5.74) is 0.730. The minimum absolute atomic E-state index is 0.0243. The Morgan fingerprint density at radius 1 is 1.17 bits per heavy atom. The van der Waals surface area contributed by atoms with E-state index in [-0.39, 0.29) is 12.1 Å². The topological polar surface area (TPSA) is 70.2 Å². The van der Waals surface area contributed by atoms with Gasteiger partial charge in [-0.05, 0) is 24.3 Å². The van der Waals surface area contributed by atoms with Crippen LogP contribution in [-0.4, -0.2) is 86.4 Å². The molecule has 30 heavy (non-hydrogen) atoms. The number of rotatable bonds is 5. The Hall–Kier alpha value is -2.84. The maximum Gasteiger partial charge on any atom is 0.322 e. The fourth-order valence-corrected chi connectivity index (χ4v) is 3.91. The number of carbonyl (C=O) groups is 1. The van der Waals surface area contributed by atoms with Crippen LogP contribution in [0.15, 0.2) is 48.7 Å². The summed E-state index contributed by atoms with van der Waals surface area (Å²) in [5.74, 6) is 1.75. The third kappa shape index (κ3) is 5.20. The Kier molecular flexibility index (Phi) is 6.66. The first-order valence-corrected chi connectivity index (χ1v) is 10.4. The van der Waals surface area contributed by atoms with Crippen LogP contribution in [0.25, 0.3) is 0 Å². The van der Waals surface area contributed by atoms with Gasteiger partial charge in [0.2, 0.25) is 0 Å². The molecule has 3 heterocycles. The number of ether oxygens (including phenoxy) is 2. The van der Waals surface area contributed by atoms with E-state index >= 15 is 0 Å². The Labute approximate surface area is 177 Å². The molecule has 8 nitrogen and oxygen atoms in total. The highest BCUT2D eigenvalue weighted by molar-refractivity contribution is 5.89. The zero-order chi connectivity index (χ0) is 20.8. The van der Waals surface area contributed by atoms with Crippen molar-refractivity contribution in [3.05, 3.63) is 48.7 Å². The van der Waals surface area contributed by atoms with Gasteiger partial charge in [-0.15, -0.1) is 0 Å². The SMILES string of the molecule is COc1cccc(NC(=O)N2CCOC(CN3CCN(c4ccccn4)CC3)C2)c1. The highest BCUT2D eigenvalue weighted by Gasteiger charge is 2.27. The van der Waals surface area contributed by atoms with Gasteiger partial charge in [0.05, 0.1) is 19.8 Å². The number of piperazine rings is 1. The van der Waals surface area contributed by atoms with Crippen LogP contribution in [0.2, 0.25) is 0 Å². The summed E-state index contributed by atoms with van der Waals surface area (Å²) in [6.45, 7) is 6.41. The number of benzene rings is 1. The molecule has 2 amide bonds. The minimum Gasteiger partial charge on any atom is -0.497 e. The van der Waals surface area contributed by atoms with Gasteiger partial charge in [-0.2, -0.15) is 0 Å². The van der Waals surface area contributed by atoms with Gasteiger partial charge in [0, 0.05) is 63.8 Å². The van der Waals surface area contributed by atoms with Gasteiger partial charge in [-0.3, -0.25) is 4.90 Å². The summed E-state index contributed by atoms with van der Waals surface area (Å²) in [6, 6.07) is 13.3. The van der Waals surface area contributed by atoms with Gasteiger partial charge in [-0.1, -0.05) is 12.1 Å². The number of urea groups is 1. The lowest BCUT2D eigenvalue weighted by atomic mass is 10.2. The Morgan fingerprint density at radius 3 is 2.80 bits per heavy atom. The van der Waals surface area contributed by atoms with Gasteiger partial charge in [0.25, 0.3) is 0 Å². The number of hydrogen-bond acceptors (Lipinski definition) is 6. The summed E-state index contributed by atoms with van der Waals surface area (Å²) >= 11 is 0. The van der Waals surface area contributed by atoms with E-state index in [1.807, 2.05) is 47.5 Å². The first kappa shape index (κ1) is 20.4. The predicted molar refractivity (Wildman–Crippen MR) is 116 cm³/mol. The lowest BCUT2D eigenvalue weighted by molar-refractivity contribution is -0.0295. The van der Waals surface area contributed by atoms with Crippen LogP contribution < -0.4 is 15.0 Å². The maximum atomic E-state index is 12.7. The maximum absolute atomic E-state index is 12.7. The van der Waals surface area contributed by atoms with Crippen LogP contribution in [0.1, 0.15) is 0 Å². The molecule has 1 atom stereocenters. The van der Waals surface area contributed by atoms with E-state index in [1.54, 1.807) is 7.11 Å². The molecule has 2 aliphatic rings. The van der Waals surface area contributed by atoms with Crippen molar-refractivity contribution in [2.24, 2.45) is 0 Å². The molecule has 1 aromatic heterocycles. The highest BCUT2D eigenvalue weighted by atomic mass is 16.5. The van der Waals surface area contributed by atoms with Crippen molar-refractivity contribution >= 4 is 17.5 Å². The zero-order valence-electron chi connectivity index (χ0n) is 17.4. The normalized spacial score (nSPS) is 20.1. The molecule has 8 heteroatoms. The monoisotopic (exact) mass is 411 g/mol. The first-order chi connectivity index (χ1) is 14.7. The molecule has 160 valence electrons. The van der Waals surface area contributed by atoms with Crippen molar-refractivity contribution in [2.75, 3.05) is 69.7 Å². The smallest absolute Gasteiger partial charge is 0.322 e. The van der Waals surface area contributed by atoms with Crippen LogP contribution in [0, 0.1) is 0 Å². The standard InChI is InChI=1S/C22H29N5O3/c1-29-19-6-4-5-18(15-19)24-22(28)27-13-14-30-20(17-27)16-25-9-11-26(12-10-25)21-7-2-3-8-23-21/h2-8,15,20H,9-14,16-17H2,1H3,(H,24,28). The van der Waals surface area contributed by atoms with E-state index in [9.17, 15) is 4.79 Å². The minimum atomic E-state index is -0.100. The second-order valence-corrected chi connectivity index (χ2v) is 7.58. The number of hydrogen-bond donors (Lipinski definition) is 1. The summed E-state index contributed by atoms with van der Waals surface area (Å²) in [4.78, 5) is 23.7. The van der Waals surface area contributed by atoms with Crippen molar-refractivity contribution in [1.82, 2.24) is 14.8 Å². The molecule has 0 radical (unpaired) electrons. The lowest BCUT2D eigenvalue weighted by Gasteiger charge is -2.39. The Morgan fingerprint density at radius 2 is 2.03 bits per heavy atom. The average Bonchev–Trinajstić information content (AvgIpc) is 2.80. The van der Waals surface area contributed by atoms with Gasteiger partial charge >= 0.3 is 6.03 Å². The highest BCUT2D eigenvalue weighted by Crippen LogP contribution is 2.18. The number of amides is 2. The fourth-order valence-electron chi connectivity index (χ4n) is 3.91. The number of methoxy groups -OCH3 is 1. The predicted octanol–water partition coefficient (Wildman–Crippen LogP) is 2.15. The summed E-state index contributed by atoms with van der Waals surface area (Å²) in [5, 5.41) is 2.96. The van der Waals surface area contributed by atoms with Gasteiger partial charge in [0.15, 0.2) is 0 Å². The average molecular weight is 412 g/mol. The molecule has 0 spiro atoms. The van der Waals surface area contributed by atoms with Crippen LogP contribution in [-0.2, 0) is 4.74 Å². The molecular formula is C22H29N5O3. The number of carbonyl (C=O) groups excluding carboxylic acids is 1. The summed E-state index contributed by atoms with van der Waals surface area (Å²) in [7, 11) is 1.61.